The third-order valence-corrected chi connectivity index (χ3v) is 2.89. The molecule has 0 bridgehead atoms. The van der Waals surface area contributed by atoms with Crippen molar-refractivity contribution < 1.29 is 19.7 Å². The Kier molecular flexibility index (Phi) is 3.62. The molecule has 4 atom stereocenters. The van der Waals surface area contributed by atoms with E-state index in [2.05, 4.69) is 4.98 Å². The normalized spacial score (nSPS) is 31.7. The predicted octanol–water partition coefficient (Wildman–Crippen LogP) is -2.20. The molecule has 18 heavy (non-hydrogen) atoms. The van der Waals surface area contributed by atoms with E-state index >= 15 is 0 Å². The SMILES string of the molecule is CO[C@H]1C(O)[C@@H](CO)O[C@H]1n1ccc(=O)[nH]c1=O. The molecule has 0 saturated carbocycles. The minimum absolute atomic E-state index is 0.393. The van der Waals surface area contributed by atoms with Gasteiger partial charge in [-0.25, -0.2) is 4.79 Å². The number of ether oxygens (including phenoxy) is 2. The highest BCUT2D eigenvalue weighted by atomic mass is 16.6. The summed E-state index contributed by atoms with van der Waals surface area (Å²) in [7, 11) is 1.36. The Hall–Kier alpha value is -1.48. The fourth-order valence-electron chi connectivity index (χ4n) is 1.98. The molecule has 0 aliphatic carbocycles. The van der Waals surface area contributed by atoms with Crippen molar-refractivity contribution in [3.8, 4) is 0 Å². The van der Waals surface area contributed by atoms with Crippen molar-refractivity contribution in [1.29, 1.82) is 0 Å². The van der Waals surface area contributed by atoms with Gasteiger partial charge in [-0.1, -0.05) is 0 Å². The van der Waals surface area contributed by atoms with Crippen LogP contribution in [-0.2, 0) is 9.47 Å². The maximum Gasteiger partial charge on any atom is 0.330 e. The Balaban J connectivity index is 2.38. The van der Waals surface area contributed by atoms with Crippen molar-refractivity contribution in [2.45, 2.75) is 24.5 Å². The van der Waals surface area contributed by atoms with E-state index < -0.39 is 42.4 Å². The van der Waals surface area contributed by atoms with E-state index in [1.165, 1.54) is 13.3 Å². The van der Waals surface area contributed by atoms with Crippen molar-refractivity contribution in [2.24, 2.45) is 0 Å². The van der Waals surface area contributed by atoms with Crippen LogP contribution in [0.15, 0.2) is 21.9 Å². The second-order valence-corrected chi connectivity index (χ2v) is 3.96. The Morgan fingerprint density at radius 3 is 2.83 bits per heavy atom. The first-order valence-corrected chi connectivity index (χ1v) is 5.37. The highest BCUT2D eigenvalue weighted by Crippen LogP contribution is 2.29. The summed E-state index contributed by atoms with van der Waals surface area (Å²) in [5, 5.41) is 18.9. The fourth-order valence-corrected chi connectivity index (χ4v) is 1.98. The number of rotatable bonds is 3. The van der Waals surface area contributed by atoms with Crippen LogP contribution in [0.25, 0.3) is 0 Å². The van der Waals surface area contributed by atoms with Crippen LogP contribution in [0.4, 0.5) is 0 Å². The molecular weight excluding hydrogens is 244 g/mol. The van der Waals surface area contributed by atoms with Gasteiger partial charge < -0.3 is 19.7 Å². The molecule has 1 aliphatic heterocycles. The molecule has 1 unspecified atom stereocenters. The molecule has 0 spiro atoms. The average molecular weight is 258 g/mol. The molecule has 1 aromatic heterocycles. The molecule has 8 heteroatoms. The lowest BCUT2D eigenvalue weighted by atomic mass is 10.1. The number of H-pyrrole nitrogens is 1. The van der Waals surface area contributed by atoms with E-state index in [1.807, 2.05) is 0 Å². The second-order valence-electron chi connectivity index (χ2n) is 3.96. The molecule has 1 saturated heterocycles. The topological polar surface area (TPSA) is 114 Å². The first-order chi connectivity index (χ1) is 8.58. The molecular formula is C10H14N2O6. The third-order valence-electron chi connectivity index (χ3n) is 2.89. The fraction of sp³-hybridized carbons (Fsp3) is 0.600. The summed E-state index contributed by atoms with van der Waals surface area (Å²) in [6.07, 6.45) is -2.33. The minimum Gasteiger partial charge on any atom is -0.394 e. The van der Waals surface area contributed by atoms with Crippen LogP contribution in [0.3, 0.4) is 0 Å². The van der Waals surface area contributed by atoms with Crippen LogP contribution >= 0.6 is 0 Å². The van der Waals surface area contributed by atoms with Gasteiger partial charge in [0.15, 0.2) is 6.23 Å². The smallest absolute Gasteiger partial charge is 0.330 e. The molecule has 0 radical (unpaired) electrons. The Morgan fingerprint density at radius 2 is 2.28 bits per heavy atom. The van der Waals surface area contributed by atoms with Gasteiger partial charge in [0.05, 0.1) is 6.61 Å². The number of aromatic nitrogens is 2. The minimum atomic E-state index is -1.05. The maximum atomic E-state index is 11.6. The van der Waals surface area contributed by atoms with Crippen molar-refractivity contribution in [3.63, 3.8) is 0 Å². The first-order valence-electron chi connectivity index (χ1n) is 5.37. The monoisotopic (exact) mass is 258 g/mol. The van der Waals surface area contributed by atoms with Gasteiger partial charge in [0.2, 0.25) is 0 Å². The van der Waals surface area contributed by atoms with Crippen LogP contribution in [0.1, 0.15) is 6.23 Å². The van der Waals surface area contributed by atoms with Gasteiger partial charge in [-0.2, -0.15) is 0 Å². The van der Waals surface area contributed by atoms with Crippen LogP contribution in [0.5, 0.6) is 0 Å². The van der Waals surface area contributed by atoms with Crippen molar-refractivity contribution >= 4 is 0 Å². The molecule has 2 heterocycles. The predicted molar refractivity (Wildman–Crippen MR) is 59.1 cm³/mol. The zero-order valence-corrected chi connectivity index (χ0v) is 9.65. The summed E-state index contributed by atoms with van der Waals surface area (Å²) in [4.78, 5) is 24.7. The number of aliphatic hydroxyl groups is 2. The molecule has 0 amide bonds. The molecule has 1 fully saturated rings. The number of hydrogen-bond acceptors (Lipinski definition) is 6. The molecule has 1 aromatic rings. The summed E-state index contributed by atoms with van der Waals surface area (Å²) < 4.78 is 11.5. The van der Waals surface area contributed by atoms with E-state index in [0.717, 1.165) is 10.6 Å². The summed E-state index contributed by atoms with van der Waals surface area (Å²) in [5.41, 5.74) is -1.19. The highest BCUT2D eigenvalue weighted by molar-refractivity contribution is 4.93. The van der Waals surface area contributed by atoms with Crippen molar-refractivity contribution in [2.75, 3.05) is 13.7 Å². The van der Waals surface area contributed by atoms with Crippen molar-refractivity contribution in [1.82, 2.24) is 9.55 Å². The van der Waals surface area contributed by atoms with E-state index in [9.17, 15) is 14.7 Å². The number of aromatic amines is 1. The van der Waals surface area contributed by atoms with Crippen molar-refractivity contribution in [3.05, 3.63) is 33.1 Å². The highest BCUT2D eigenvalue weighted by Gasteiger charge is 2.45. The van der Waals surface area contributed by atoms with E-state index in [-0.39, 0.29) is 0 Å². The van der Waals surface area contributed by atoms with Crippen LogP contribution < -0.4 is 11.2 Å². The quantitative estimate of drug-likeness (QED) is 0.567. The number of methoxy groups -OCH3 is 1. The summed E-state index contributed by atoms with van der Waals surface area (Å²) in [6.45, 7) is -0.393. The lowest BCUT2D eigenvalue weighted by Crippen LogP contribution is -2.38. The summed E-state index contributed by atoms with van der Waals surface area (Å²) in [6, 6.07) is 1.16. The number of hydrogen-bond donors (Lipinski definition) is 3. The molecule has 0 aromatic carbocycles. The summed E-state index contributed by atoms with van der Waals surface area (Å²) in [5.74, 6) is 0. The molecule has 100 valence electrons. The third kappa shape index (κ3) is 2.10. The van der Waals surface area contributed by atoms with E-state index in [0.29, 0.717) is 0 Å². The standard InChI is InChI=1S/C10H14N2O6/c1-17-8-7(15)5(4-13)18-9(8)12-3-2-6(14)11-10(12)16/h2-3,5,7-9,13,15H,4H2,1H3,(H,11,14,16)/t5-,7?,8+,9-/m1/s1. The zero-order chi connectivity index (χ0) is 13.3. The van der Waals surface area contributed by atoms with Crippen LogP contribution in [0.2, 0.25) is 0 Å². The largest absolute Gasteiger partial charge is 0.394 e. The van der Waals surface area contributed by atoms with E-state index in [4.69, 9.17) is 14.6 Å². The van der Waals surface area contributed by atoms with Crippen LogP contribution in [-0.4, -0.2) is 51.8 Å². The van der Waals surface area contributed by atoms with Gasteiger partial charge in [-0.3, -0.25) is 14.3 Å². The zero-order valence-electron chi connectivity index (χ0n) is 9.65. The average Bonchev–Trinajstić information content (AvgIpc) is 2.65. The van der Waals surface area contributed by atoms with Gasteiger partial charge in [-0.05, 0) is 0 Å². The second kappa shape index (κ2) is 5.02. The molecule has 3 N–H and O–H groups in total. The Labute approximate surface area is 101 Å². The van der Waals surface area contributed by atoms with Gasteiger partial charge >= 0.3 is 5.69 Å². The lowest BCUT2D eigenvalue weighted by molar-refractivity contribution is -0.0625. The molecule has 8 nitrogen and oxygen atoms in total. The van der Waals surface area contributed by atoms with Crippen LogP contribution in [0, 0.1) is 0 Å². The Bertz CT molecular complexity index is 524. The summed E-state index contributed by atoms with van der Waals surface area (Å²) >= 11 is 0. The Morgan fingerprint density at radius 1 is 1.56 bits per heavy atom. The number of nitrogens with one attached hydrogen (secondary N) is 1. The molecule has 2 rings (SSSR count). The number of nitrogens with zero attached hydrogens (tertiary/aromatic N) is 1. The van der Waals surface area contributed by atoms with Gasteiger partial charge in [0.25, 0.3) is 5.56 Å². The van der Waals surface area contributed by atoms with E-state index in [1.54, 1.807) is 0 Å². The van der Waals surface area contributed by atoms with Gasteiger partial charge in [0.1, 0.15) is 18.3 Å². The lowest BCUT2D eigenvalue weighted by Gasteiger charge is -2.19. The van der Waals surface area contributed by atoms with Gasteiger partial charge in [0, 0.05) is 19.4 Å². The maximum absolute atomic E-state index is 11.6. The first kappa shape index (κ1) is 13.0. The number of aliphatic hydroxyl groups excluding tert-OH is 2. The molecule has 1 aliphatic rings. The van der Waals surface area contributed by atoms with Gasteiger partial charge in [-0.15, -0.1) is 0 Å².